The summed E-state index contributed by atoms with van der Waals surface area (Å²) in [6.07, 6.45) is 3.02. The molecule has 2 unspecified atom stereocenters. The van der Waals surface area contributed by atoms with Gasteiger partial charge in [0.1, 0.15) is 5.75 Å². The maximum atomic E-state index is 10.1. The molecule has 1 aliphatic rings. The molecule has 2 rings (SSSR count). The van der Waals surface area contributed by atoms with Crippen LogP contribution < -0.4 is 5.32 Å². The van der Waals surface area contributed by atoms with Gasteiger partial charge in [-0.25, -0.2) is 0 Å². The van der Waals surface area contributed by atoms with Gasteiger partial charge in [-0.05, 0) is 36.5 Å². The first-order valence-electron chi connectivity index (χ1n) is 6.89. The molecule has 0 radical (unpaired) electrons. The standard InChI is InChI=1S/C16H23NOS/c1-4-8-19-9-7-17-13-10-12(3)15-11(2)5-6-14(18)16(13)15/h4-6,12-13,17-18H,1,7-10H2,2-3H3. The van der Waals surface area contributed by atoms with Gasteiger partial charge in [0.2, 0.25) is 0 Å². The molecule has 0 aliphatic heterocycles. The van der Waals surface area contributed by atoms with E-state index in [1.54, 1.807) is 0 Å². The number of rotatable bonds is 6. The van der Waals surface area contributed by atoms with Gasteiger partial charge < -0.3 is 10.4 Å². The molecule has 0 fully saturated rings. The number of aryl methyl sites for hydroxylation is 1. The number of aromatic hydroxyl groups is 1. The number of fused-ring (bicyclic) bond motifs is 1. The average Bonchev–Trinajstić information content (AvgIpc) is 2.72. The summed E-state index contributed by atoms with van der Waals surface area (Å²) in [5.74, 6) is 3.06. The lowest BCUT2D eigenvalue weighted by atomic mass is 9.97. The summed E-state index contributed by atoms with van der Waals surface area (Å²) in [6.45, 7) is 9.08. The minimum atomic E-state index is 0.300. The minimum absolute atomic E-state index is 0.300. The highest BCUT2D eigenvalue weighted by Gasteiger charge is 2.31. The summed E-state index contributed by atoms with van der Waals surface area (Å²) in [7, 11) is 0. The predicted molar refractivity (Wildman–Crippen MR) is 84.1 cm³/mol. The molecule has 1 aliphatic carbocycles. The Kier molecular flexibility index (Phi) is 4.94. The van der Waals surface area contributed by atoms with Crippen LogP contribution in [0.4, 0.5) is 0 Å². The quantitative estimate of drug-likeness (QED) is 0.613. The van der Waals surface area contributed by atoms with Crippen molar-refractivity contribution in [2.24, 2.45) is 0 Å². The van der Waals surface area contributed by atoms with E-state index >= 15 is 0 Å². The fraction of sp³-hybridized carbons (Fsp3) is 0.500. The van der Waals surface area contributed by atoms with Crippen LogP contribution in [0.3, 0.4) is 0 Å². The van der Waals surface area contributed by atoms with Gasteiger partial charge in [0.15, 0.2) is 0 Å². The van der Waals surface area contributed by atoms with Crippen molar-refractivity contribution < 1.29 is 5.11 Å². The van der Waals surface area contributed by atoms with E-state index in [4.69, 9.17) is 0 Å². The predicted octanol–water partition coefficient (Wildman–Crippen LogP) is 3.76. The molecular formula is C16H23NOS. The summed E-state index contributed by atoms with van der Waals surface area (Å²) in [5, 5.41) is 13.7. The van der Waals surface area contributed by atoms with Crippen molar-refractivity contribution in [3.05, 3.63) is 41.5 Å². The topological polar surface area (TPSA) is 32.3 Å². The molecule has 1 aromatic carbocycles. The zero-order valence-corrected chi connectivity index (χ0v) is 12.6. The summed E-state index contributed by atoms with van der Waals surface area (Å²) < 4.78 is 0. The second-order valence-electron chi connectivity index (χ2n) is 5.24. The van der Waals surface area contributed by atoms with Gasteiger partial charge in [-0.3, -0.25) is 0 Å². The Labute approximate surface area is 120 Å². The fourth-order valence-electron chi connectivity index (χ4n) is 3.00. The van der Waals surface area contributed by atoms with Crippen molar-refractivity contribution in [2.75, 3.05) is 18.1 Å². The van der Waals surface area contributed by atoms with Gasteiger partial charge in [0.25, 0.3) is 0 Å². The van der Waals surface area contributed by atoms with E-state index in [2.05, 4.69) is 25.7 Å². The van der Waals surface area contributed by atoms with Crippen molar-refractivity contribution in [1.82, 2.24) is 5.32 Å². The summed E-state index contributed by atoms with van der Waals surface area (Å²) in [6, 6.07) is 4.15. The Hall–Kier alpha value is -0.930. The Bertz CT molecular complexity index is 458. The number of hydrogen-bond acceptors (Lipinski definition) is 3. The number of benzene rings is 1. The first-order chi connectivity index (χ1) is 9.15. The van der Waals surface area contributed by atoms with Crippen molar-refractivity contribution in [3.8, 4) is 5.75 Å². The Morgan fingerprint density at radius 2 is 2.26 bits per heavy atom. The molecule has 2 N–H and O–H groups in total. The Balaban J connectivity index is 2.03. The molecule has 0 spiro atoms. The molecule has 19 heavy (non-hydrogen) atoms. The third kappa shape index (κ3) is 3.15. The first-order valence-corrected chi connectivity index (χ1v) is 8.05. The number of nitrogens with one attached hydrogen (secondary N) is 1. The van der Waals surface area contributed by atoms with E-state index in [0.717, 1.165) is 30.0 Å². The highest BCUT2D eigenvalue weighted by molar-refractivity contribution is 7.99. The minimum Gasteiger partial charge on any atom is -0.508 e. The molecule has 0 heterocycles. The zero-order chi connectivity index (χ0) is 13.8. The van der Waals surface area contributed by atoms with Crippen molar-refractivity contribution >= 4 is 11.8 Å². The molecule has 0 saturated carbocycles. The summed E-state index contributed by atoms with van der Waals surface area (Å²) in [5.41, 5.74) is 3.77. The van der Waals surface area contributed by atoms with Crippen LogP contribution in [0.2, 0.25) is 0 Å². The second kappa shape index (κ2) is 6.49. The van der Waals surface area contributed by atoms with Crippen LogP contribution in [0.1, 0.15) is 42.0 Å². The third-order valence-corrected chi connectivity index (χ3v) is 4.75. The second-order valence-corrected chi connectivity index (χ2v) is 6.39. The monoisotopic (exact) mass is 277 g/mol. The fourth-order valence-corrected chi connectivity index (χ4v) is 3.60. The number of hydrogen-bond donors (Lipinski definition) is 2. The Morgan fingerprint density at radius 3 is 3.00 bits per heavy atom. The van der Waals surface area contributed by atoms with Crippen LogP contribution in [0, 0.1) is 6.92 Å². The normalized spacial score (nSPS) is 21.4. The van der Waals surface area contributed by atoms with E-state index < -0.39 is 0 Å². The maximum Gasteiger partial charge on any atom is 0.120 e. The van der Waals surface area contributed by atoms with Gasteiger partial charge in [-0.15, -0.1) is 6.58 Å². The molecule has 0 saturated heterocycles. The summed E-state index contributed by atoms with van der Waals surface area (Å²) in [4.78, 5) is 0. The number of phenolic OH excluding ortho intramolecular Hbond substituents is 1. The van der Waals surface area contributed by atoms with Crippen molar-refractivity contribution in [1.29, 1.82) is 0 Å². The van der Waals surface area contributed by atoms with E-state index in [1.807, 2.05) is 30.0 Å². The van der Waals surface area contributed by atoms with Crippen molar-refractivity contribution in [2.45, 2.75) is 32.2 Å². The van der Waals surface area contributed by atoms with Gasteiger partial charge >= 0.3 is 0 Å². The van der Waals surface area contributed by atoms with Crippen LogP contribution in [0.5, 0.6) is 5.75 Å². The van der Waals surface area contributed by atoms with Crippen LogP contribution in [0.25, 0.3) is 0 Å². The van der Waals surface area contributed by atoms with Crippen LogP contribution in [-0.4, -0.2) is 23.2 Å². The third-order valence-electron chi connectivity index (χ3n) is 3.79. The molecule has 104 valence electrons. The smallest absolute Gasteiger partial charge is 0.120 e. The van der Waals surface area contributed by atoms with E-state index in [0.29, 0.717) is 17.7 Å². The van der Waals surface area contributed by atoms with Crippen LogP contribution in [-0.2, 0) is 0 Å². The lowest BCUT2D eigenvalue weighted by Gasteiger charge is -2.15. The highest BCUT2D eigenvalue weighted by atomic mass is 32.2. The molecular weight excluding hydrogens is 254 g/mol. The van der Waals surface area contributed by atoms with E-state index in [-0.39, 0.29) is 0 Å². The SMILES string of the molecule is C=CCSCCNC1CC(C)c2c(C)ccc(O)c21. The molecule has 2 nitrogen and oxygen atoms in total. The van der Waals surface area contributed by atoms with E-state index in [9.17, 15) is 5.11 Å². The molecule has 0 amide bonds. The Morgan fingerprint density at radius 1 is 1.47 bits per heavy atom. The van der Waals surface area contributed by atoms with Crippen molar-refractivity contribution in [3.63, 3.8) is 0 Å². The van der Waals surface area contributed by atoms with Gasteiger partial charge in [0.05, 0.1) is 0 Å². The van der Waals surface area contributed by atoms with Gasteiger partial charge in [-0.2, -0.15) is 11.8 Å². The number of phenols is 1. The lowest BCUT2D eigenvalue weighted by molar-refractivity contribution is 0.449. The first kappa shape index (κ1) is 14.5. The van der Waals surface area contributed by atoms with Gasteiger partial charge in [0, 0.05) is 29.7 Å². The molecule has 2 atom stereocenters. The maximum absolute atomic E-state index is 10.1. The summed E-state index contributed by atoms with van der Waals surface area (Å²) >= 11 is 1.88. The lowest BCUT2D eigenvalue weighted by Crippen LogP contribution is -2.22. The average molecular weight is 277 g/mol. The molecule has 1 aromatic rings. The highest BCUT2D eigenvalue weighted by Crippen LogP contribution is 2.45. The van der Waals surface area contributed by atoms with Gasteiger partial charge in [-0.1, -0.05) is 19.1 Å². The van der Waals surface area contributed by atoms with E-state index in [1.165, 1.54) is 11.1 Å². The molecule has 0 aromatic heterocycles. The largest absolute Gasteiger partial charge is 0.508 e. The number of thioether (sulfide) groups is 1. The molecule has 3 heteroatoms. The van der Waals surface area contributed by atoms with Crippen LogP contribution in [0.15, 0.2) is 24.8 Å². The zero-order valence-electron chi connectivity index (χ0n) is 11.8. The molecule has 0 bridgehead atoms. The van der Waals surface area contributed by atoms with Crippen LogP contribution >= 0.6 is 11.8 Å².